The van der Waals surface area contributed by atoms with Gasteiger partial charge in [-0.15, -0.1) is 0 Å². The molecule has 164 valence electrons. The normalized spacial score (nSPS) is 17.6. The molecule has 0 aliphatic carbocycles. The third-order valence-electron chi connectivity index (χ3n) is 5.69. The molecule has 1 aliphatic rings. The van der Waals surface area contributed by atoms with E-state index in [2.05, 4.69) is 0 Å². The number of ether oxygens (including phenoxy) is 2. The lowest BCUT2D eigenvalue weighted by Crippen LogP contribution is -2.29. The van der Waals surface area contributed by atoms with Crippen molar-refractivity contribution in [2.75, 3.05) is 19.1 Å². The molecule has 1 fully saturated rings. The van der Waals surface area contributed by atoms with Crippen LogP contribution in [0.2, 0.25) is 0 Å². The first kappa shape index (κ1) is 21.2. The lowest BCUT2D eigenvalue weighted by atomic mass is 9.98. The number of ketones is 1. The Labute approximate surface area is 185 Å². The summed E-state index contributed by atoms with van der Waals surface area (Å²) in [4.78, 5) is 27.8. The molecule has 1 saturated heterocycles. The Balaban J connectivity index is 1.99. The van der Waals surface area contributed by atoms with E-state index in [0.29, 0.717) is 22.9 Å². The van der Waals surface area contributed by atoms with Gasteiger partial charge in [-0.1, -0.05) is 12.1 Å². The third-order valence-corrected chi connectivity index (χ3v) is 5.69. The van der Waals surface area contributed by atoms with Crippen LogP contribution in [-0.2, 0) is 9.59 Å². The van der Waals surface area contributed by atoms with Gasteiger partial charge in [0.25, 0.3) is 11.7 Å². The SMILES string of the molecule is COc1cccc(OC)c1/C(O)=C1\C(=O)C(=O)N(c2ccc(C)c(C)c2)C1c1ccco1. The van der Waals surface area contributed by atoms with Gasteiger partial charge in [0.2, 0.25) is 0 Å². The number of Topliss-reactive ketones (excluding diaryl/α,β-unsaturated/α-hetero) is 1. The van der Waals surface area contributed by atoms with Crippen molar-refractivity contribution >= 4 is 23.1 Å². The number of furan rings is 1. The standard InChI is InChI=1S/C25H23NO6/c1-14-10-11-16(13-15(14)2)26-22(19-9-6-12-32-19)21(24(28)25(26)29)23(27)20-17(30-3)7-5-8-18(20)31-4/h5-13,22,27H,1-4H3/b23-21+. The molecule has 3 aromatic rings. The number of aryl methyl sites for hydroxylation is 2. The smallest absolute Gasteiger partial charge is 0.300 e. The quantitative estimate of drug-likeness (QED) is 0.361. The van der Waals surface area contributed by atoms with Gasteiger partial charge in [0, 0.05) is 5.69 Å². The van der Waals surface area contributed by atoms with Crippen LogP contribution in [0.15, 0.2) is 64.8 Å². The van der Waals surface area contributed by atoms with E-state index in [-0.39, 0.29) is 11.1 Å². The van der Waals surface area contributed by atoms with Gasteiger partial charge >= 0.3 is 0 Å². The van der Waals surface area contributed by atoms with E-state index in [1.807, 2.05) is 26.0 Å². The molecular formula is C25H23NO6. The molecule has 1 N–H and O–H groups in total. The first-order chi connectivity index (χ1) is 15.4. The molecule has 2 aromatic carbocycles. The maximum atomic E-state index is 13.2. The van der Waals surface area contributed by atoms with Gasteiger partial charge in [0.15, 0.2) is 0 Å². The zero-order chi connectivity index (χ0) is 23.0. The minimum absolute atomic E-state index is 0.106. The highest BCUT2D eigenvalue weighted by Crippen LogP contribution is 2.45. The Bertz CT molecular complexity index is 1200. The van der Waals surface area contributed by atoms with Crippen molar-refractivity contribution in [3.63, 3.8) is 0 Å². The van der Waals surface area contributed by atoms with E-state index in [4.69, 9.17) is 13.9 Å². The molecule has 1 unspecified atom stereocenters. The number of hydrogen-bond acceptors (Lipinski definition) is 6. The highest BCUT2D eigenvalue weighted by atomic mass is 16.5. The van der Waals surface area contributed by atoms with Crippen molar-refractivity contribution < 1.29 is 28.6 Å². The van der Waals surface area contributed by atoms with Crippen LogP contribution in [0.5, 0.6) is 11.5 Å². The largest absolute Gasteiger partial charge is 0.506 e. The van der Waals surface area contributed by atoms with E-state index >= 15 is 0 Å². The van der Waals surface area contributed by atoms with E-state index in [9.17, 15) is 14.7 Å². The van der Waals surface area contributed by atoms with Gasteiger partial charge in [0.1, 0.15) is 34.6 Å². The summed E-state index contributed by atoms with van der Waals surface area (Å²) in [7, 11) is 2.90. The maximum Gasteiger partial charge on any atom is 0.300 e. The van der Waals surface area contributed by atoms with Crippen LogP contribution < -0.4 is 14.4 Å². The molecule has 0 spiro atoms. The van der Waals surface area contributed by atoms with Gasteiger partial charge in [0.05, 0.1) is 26.1 Å². The molecule has 1 atom stereocenters. The fraction of sp³-hybridized carbons (Fsp3) is 0.200. The van der Waals surface area contributed by atoms with Gasteiger partial charge < -0.3 is 19.0 Å². The molecule has 1 aromatic heterocycles. The summed E-state index contributed by atoms with van der Waals surface area (Å²) >= 11 is 0. The number of benzene rings is 2. The van der Waals surface area contributed by atoms with E-state index in [1.54, 1.807) is 36.4 Å². The van der Waals surface area contributed by atoms with E-state index < -0.39 is 23.5 Å². The number of amides is 1. The summed E-state index contributed by atoms with van der Waals surface area (Å²) < 4.78 is 16.4. The summed E-state index contributed by atoms with van der Waals surface area (Å²) in [5.74, 6) is -1.03. The minimum Gasteiger partial charge on any atom is -0.506 e. The molecule has 0 radical (unpaired) electrons. The third kappa shape index (κ3) is 3.32. The molecule has 1 amide bonds. The Morgan fingerprint density at radius 3 is 2.22 bits per heavy atom. The molecule has 2 heterocycles. The van der Waals surface area contributed by atoms with E-state index in [0.717, 1.165) is 11.1 Å². The summed E-state index contributed by atoms with van der Waals surface area (Å²) in [5, 5.41) is 11.3. The van der Waals surface area contributed by atoms with Crippen LogP contribution in [0, 0.1) is 13.8 Å². The maximum absolute atomic E-state index is 13.2. The van der Waals surface area contributed by atoms with Gasteiger partial charge in [-0.2, -0.15) is 0 Å². The van der Waals surface area contributed by atoms with Crippen molar-refractivity contribution in [3.05, 3.63) is 82.8 Å². The van der Waals surface area contributed by atoms with Crippen molar-refractivity contribution in [2.45, 2.75) is 19.9 Å². The average molecular weight is 433 g/mol. The van der Waals surface area contributed by atoms with Crippen LogP contribution in [0.1, 0.15) is 28.5 Å². The summed E-state index contributed by atoms with van der Waals surface area (Å²) in [5.41, 5.74) is 2.63. The highest BCUT2D eigenvalue weighted by molar-refractivity contribution is 6.51. The lowest BCUT2D eigenvalue weighted by molar-refractivity contribution is -0.132. The molecular weight excluding hydrogens is 410 g/mol. The van der Waals surface area contributed by atoms with Crippen LogP contribution in [0.4, 0.5) is 5.69 Å². The molecule has 4 rings (SSSR count). The van der Waals surface area contributed by atoms with Gasteiger partial charge in [-0.05, 0) is 61.4 Å². The zero-order valence-electron chi connectivity index (χ0n) is 18.2. The number of rotatable bonds is 5. The minimum atomic E-state index is -0.957. The van der Waals surface area contributed by atoms with Crippen molar-refractivity contribution in [2.24, 2.45) is 0 Å². The second-order valence-corrected chi connectivity index (χ2v) is 7.49. The molecule has 7 heteroatoms. The highest BCUT2D eigenvalue weighted by Gasteiger charge is 2.48. The lowest BCUT2D eigenvalue weighted by Gasteiger charge is -2.24. The number of aliphatic hydroxyl groups is 1. The van der Waals surface area contributed by atoms with Crippen LogP contribution in [-0.4, -0.2) is 31.0 Å². The predicted molar refractivity (Wildman–Crippen MR) is 119 cm³/mol. The second kappa shape index (κ2) is 8.26. The topological polar surface area (TPSA) is 89.2 Å². The molecule has 0 bridgehead atoms. The fourth-order valence-corrected chi connectivity index (χ4v) is 3.91. The summed E-state index contributed by atoms with van der Waals surface area (Å²) in [6, 6.07) is 12.8. The van der Waals surface area contributed by atoms with Gasteiger partial charge in [-0.25, -0.2) is 0 Å². The van der Waals surface area contributed by atoms with Crippen LogP contribution in [0.25, 0.3) is 5.76 Å². The molecule has 1 aliphatic heterocycles. The molecule has 7 nitrogen and oxygen atoms in total. The van der Waals surface area contributed by atoms with Crippen molar-refractivity contribution in [1.82, 2.24) is 0 Å². The zero-order valence-corrected chi connectivity index (χ0v) is 18.2. The summed E-state index contributed by atoms with van der Waals surface area (Å²) in [6.45, 7) is 3.89. The first-order valence-electron chi connectivity index (χ1n) is 10.0. The Hall–Kier alpha value is -4.00. The Morgan fingerprint density at radius 1 is 0.969 bits per heavy atom. The van der Waals surface area contributed by atoms with Crippen LogP contribution >= 0.6 is 0 Å². The number of anilines is 1. The number of carbonyl (C=O) groups is 2. The number of nitrogens with zero attached hydrogens (tertiary/aromatic N) is 1. The fourth-order valence-electron chi connectivity index (χ4n) is 3.91. The number of hydrogen-bond donors (Lipinski definition) is 1. The molecule has 0 saturated carbocycles. The van der Waals surface area contributed by atoms with Crippen LogP contribution in [0.3, 0.4) is 0 Å². The predicted octanol–water partition coefficient (Wildman–Crippen LogP) is 4.54. The Kier molecular flexibility index (Phi) is 5.48. The summed E-state index contributed by atoms with van der Waals surface area (Å²) in [6.07, 6.45) is 1.46. The van der Waals surface area contributed by atoms with Crippen molar-refractivity contribution in [1.29, 1.82) is 0 Å². The Morgan fingerprint density at radius 2 is 1.66 bits per heavy atom. The van der Waals surface area contributed by atoms with Crippen molar-refractivity contribution in [3.8, 4) is 11.5 Å². The average Bonchev–Trinajstić information content (AvgIpc) is 3.41. The first-order valence-corrected chi connectivity index (χ1v) is 10.0. The number of carbonyl (C=O) groups excluding carboxylic acids is 2. The van der Waals surface area contributed by atoms with Gasteiger partial charge in [-0.3, -0.25) is 14.5 Å². The number of aliphatic hydroxyl groups excluding tert-OH is 1. The number of methoxy groups -OCH3 is 2. The monoisotopic (exact) mass is 433 g/mol. The second-order valence-electron chi connectivity index (χ2n) is 7.49. The van der Waals surface area contributed by atoms with E-state index in [1.165, 1.54) is 25.4 Å². The molecule has 32 heavy (non-hydrogen) atoms.